The fourth-order valence-corrected chi connectivity index (χ4v) is 1.89. The van der Waals surface area contributed by atoms with E-state index < -0.39 is 40.6 Å². The number of nitrogens with one attached hydrogen (secondary N) is 2. The molecule has 1 amide bonds. The zero-order valence-electron chi connectivity index (χ0n) is 11.6. The second-order valence-electron chi connectivity index (χ2n) is 4.47. The molecular weight excluding hydrogens is 353 g/mol. The first-order valence-electron chi connectivity index (χ1n) is 6.21. The van der Waals surface area contributed by atoms with Crippen molar-refractivity contribution in [3.05, 3.63) is 58.9 Å². The number of anilines is 2. The maximum atomic E-state index is 13.5. The number of hydrogen-bond donors (Lipinski definition) is 3. The lowest BCUT2D eigenvalue weighted by Gasteiger charge is -2.10. The van der Waals surface area contributed by atoms with Crippen LogP contribution < -0.4 is 16.4 Å². The third kappa shape index (κ3) is 3.43. The van der Waals surface area contributed by atoms with E-state index in [1.54, 1.807) is 0 Å². The van der Waals surface area contributed by atoms with Gasteiger partial charge in [-0.05, 0) is 36.5 Å². The molecule has 0 heterocycles. The number of benzene rings is 2. The highest BCUT2D eigenvalue weighted by molar-refractivity contribution is 7.80. The van der Waals surface area contributed by atoms with Crippen molar-refractivity contribution >= 4 is 34.6 Å². The minimum absolute atomic E-state index is 0.00631. The van der Waals surface area contributed by atoms with Crippen molar-refractivity contribution in [2.24, 2.45) is 5.73 Å². The van der Waals surface area contributed by atoms with Crippen LogP contribution in [0.5, 0.6) is 0 Å². The van der Waals surface area contributed by atoms with Crippen LogP contribution >= 0.6 is 12.2 Å². The molecule has 24 heavy (non-hydrogen) atoms. The van der Waals surface area contributed by atoms with Crippen molar-refractivity contribution in [1.82, 2.24) is 0 Å². The van der Waals surface area contributed by atoms with E-state index in [4.69, 9.17) is 5.73 Å². The van der Waals surface area contributed by atoms with E-state index >= 15 is 0 Å². The molecule has 0 unspecified atom stereocenters. The molecule has 2 rings (SSSR count). The van der Waals surface area contributed by atoms with Gasteiger partial charge in [0.1, 0.15) is 5.56 Å². The number of nitrogens with two attached hydrogens (primary N) is 1. The number of thiocarbonyl (C=S) groups is 1. The lowest BCUT2D eigenvalue weighted by molar-refractivity contribution is 0.101. The summed E-state index contributed by atoms with van der Waals surface area (Å²) >= 11 is 4.62. The first kappa shape index (κ1) is 17.6. The molecule has 0 aliphatic heterocycles. The van der Waals surface area contributed by atoms with E-state index in [-0.39, 0.29) is 10.8 Å². The quantitative estimate of drug-likeness (QED) is 0.340. The van der Waals surface area contributed by atoms with Gasteiger partial charge in [-0.15, -0.1) is 0 Å². The summed E-state index contributed by atoms with van der Waals surface area (Å²) in [4.78, 5) is 11.8. The highest BCUT2D eigenvalue weighted by atomic mass is 32.1. The molecule has 0 aliphatic carbocycles. The van der Waals surface area contributed by atoms with E-state index in [9.17, 15) is 26.7 Å². The number of carbonyl (C=O) groups excluding carboxylic acids is 1. The Balaban J connectivity index is 2.29. The Labute approximate surface area is 137 Å². The third-order valence-electron chi connectivity index (χ3n) is 2.85. The van der Waals surface area contributed by atoms with Gasteiger partial charge in [0.25, 0.3) is 5.91 Å². The third-order valence-corrected chi connectivity index (χ3v) is 2.95. The van der Waals surface area contributed by atoms with Gasteiger partial charge in [0.2, 0.25) is 5.82 Å². The van der Waals surface area contributed by atoms with Crippen molar-refractivity contribution in [1.29, 1.82) is 0 Å². The van der Waals surface area contributed by atoms with Crippen molar-refractivity contribution in [3.63, 3.8) is 0 Å². The van der Waals surface area contributed by atoms with E-state index in [1.165, 1.54) is 24.3 Å². The molecule has 0 radical (unpaired) electrons. The number of hydrogen-bond acceptors (Lipinski definition) is 2. The predicted octanol–water partition coefficient (Wildman–Crippen LogP) is 3.29. The normalized spacial score (nSPS) is 10.4. The van der Waals surface area contributed by atoms with Gasteiger partial charge in [-0.2, -0.15) is 0 Å². The Bertz CT molecular complexity index is 797. The molecule has 4 nitrogen and oxygen atoms in total. The molecule has 0 atom stereocenters. The van der Waals surface area contributed by atoms with Crippen molar-refractivity contribution in [2.75, 3.05) is 10.6 Å². The Morgan fingerprint density at radius 3 is 1.58 bits per heavy atom. The van der Waals surface area contributed by atoms with Crippen LogP contribution in [-0.2, 0) is 0 Å². The largest absolute Gasteiger partial charge is 0.376 e. The molecule has 0 saturated carbocycles. The van der Waals surface area contributed by atoms with Crippen LogP contribution in [0.3, 0.4) is 0 Å². The lowest BCUT2D eigenvalue weighted by Crippen LogP contribution is -2.20. The Morgan fingerprint density at radius 1 is 0.792 bits per heavy atom. The van der Waals surface area contributed by atoms with Crippen molar-refractivity contribution < 1.29 is 26.7 Å². The maximum absolute atomic E-state index is 13.5. The molecule has 0 bridgehead atoms. The summed E-state index contributed by atoms with van der Waals surface area (Å²) in [6.07, 6.45) is 0. The monoisotopic (exact) mass is 361 g/mol. The summed E-state index contributed by atoms with van der Waals surface area (Å²) in [6.45, 7) is 0. The Hall–Kier alpha value is -2.75. The second kappa shape index (κ2) is 6.79. The van der Waals surface area contributed by atoms with Crippen molar-refractivity contribution in [2.45, 2.75) is 0 Å². The highest BCUT2D eigenvalue weighted by Crippen LogP contribution is 2.24. The van der Waals surface area contributed by atoms with E-state index in [0.29, 0.717) is 5.69 Å². The van der Waals surface area contributed by atoms with Crippen LogP contribution in [-0.4, -0.2) is 11.0 Å². The molecule has 4 N–H and O–H groups in total. The summed E-state index contributed by atoms with van der Waals surface area (Å²) in [5, 5.41) is 4.61. The second-order valence-corrected chi connectivity index (χ2v) is 4.91. The first-order chi connectivity index (χ1) is 11.2. The fraction of sp³-hybridized carbons (Fsp3) is 0. The van der Waals surface area contributed by atoms with Crippen LogP contribution in [0.25, 0.3) is 0 Å². The molecule has 0 fully saturated rings. The van der Waals surface area contributed by atoms with Gasteiger partial charge in [-0.1, -0.05) is 0 Å². The van der Waals surface area contributed by atoms with E-state index in [0.717, 1.165) is 0 Å². The fourth-order valence-electron chi connectivity index (χ4n) is 1.78. The molecule has 2 aromatic carbocycles. The minimum atomic E-state index is -2.34. The molecule has 0 aromatic heterocycles. The van der Waals surface area contributed by atoms with Gasteiger partial charge >= 0.3 is 0 Å². The van der Waals surface area contributed by atoms with Crippen LogP contribution in [0, 0.1) is 29.1 Å². The number of carbonyl (C=O) groups is 1. The summed E-state index contributed by atoms with van der Waals surface area (Å²) in [5.41, 5.74) is 4.21. The molecule has 126 valence electrons. The maximum Gasteiger partial charge on any atom is 0.261 e. The van der Waals surface area contributed by atoms with Gasteiger partial charge in [-0.25, -0.2) is 22.0 Å². The summed E-state index contributed by atoms with van der Waals surface area (Å²) in [7, 11) is 0. The zero-order chi connectivity index (χ0) is 18.0. The molecule has 0 spiro atoms. The lowest BCUT2D eigenvalue weighted by atomic mass is 10.1. The molecule has 10 heteroatoms. The zero-order valence-corrected chi connectivity index (χ0v) is 12.4. The van der Waals surface area contributed by atoms with Gasteiger partial charge < -0.3 is 16.4 Å². The summed E-state index contributed by atoms with van der Waals surface area (Å²) in [5.74, 6) is -12.6. The number of amides is 1. The average molecular weight is 361 g/mol. The smallest absolute Gasteiger partial charge is 0.261 e. The molecule has 0 aliphatic rings. The van der Waals surface area contributed by atoms with Crippen LogP contribution in [0.2, 0.25) is 0 Å². The van der Waals surface area contributed by atoms with Crippen LogP contribution in [0.1, 0.15) is 10.4 Å². The van der Waals surface area contributed by atoms with E-state index in [1.807, 2.05) is 5.32 Å². The SMILES string of the molecule is NC(=S)Nc1ccc(NC(=O)c2c(F)c(F)c(F)c(F)c2F)cc1. The number of halogens is 5. The molecule has 0 saturated heterocycles. The summed E-state index contributed by atoms with van der Waals surface area (Å²) < 4.78 is 66.2. The van der Waals surface area contributed by atoms with Gasteiger partial charge in [0, 0.05) is 11.4 Å². The topological polar surface area (TPSA) is 67.2 Å². The van der Waals surface area contributed by atoms with Gasteiger partial charge in [0.15, 0.2) is 28.4 Å². The van der Waals surface area contributed by atoms with Gasteiger partial charge in [0.05, 0.1) is 0 Å². The highest BCUT2D eigenvalue weighted by Gasteiger charge is 2.29. The average Bonchev–Trinajstić information content (AvgIpc) is 2.52. The van der Waals surface area contributed by atoms with Crippen molar-refractivity contribution in [3.8, 4) is 0 Å². The van der Waals surface area contributed by atoms with Gasteiger partial charge in [-0.3, -0.25) is 4.79 Å². The summed E-state index contributed by atoms with van der Waals surface area (Å²) in [6, 6.07) is 5.47. The van der Waals surface area contributed by atoms with E-state index in [2.05, 4.69) is 17.5 Å². The minimum Gasteiger partial charge on any atom is -0.376 e. The predicted molar refractivity (Wildman–Crippen MR) is 81.0 cm³/mol. The first-order valence-corrected chi connectivity index (χ1v) is 6.62. The number of rotatable bonds is 3. The standard InChI is InChI=1S/C14H8F5N3OS/c15-8-7(9(16)11(18)12(19)10(8)17)13(23)21-5-1-3-6(4-2-5)22-14(20)24/h1-4H,(H,21,23)(H3,20,22,24). The molecular formula is C14H8F5N3OS. The van der Waals surface area contributed by atoms with Crippen LogP contribution in [0.4, 0.5) is 33.3 Å². The van der Waals surface area contributed by atoms with Crippen LogP contribution in [0.15, 0.2) is 24.3 Å². The Kier molecular flexibility index (Phi) is 4.98. The Morgan fingerprint density at radius 2 is 1.17 bits per heavy atom. The molecule has 2 aromatic rings.